The number of piperidine rings is 1. The molecule has 1 unspecified atom stereocenters. The maximum atomic E-state index is 12.2. The third-order valence-corrected chi connectivity index (χ3v) is 5.07. The van der Waals surface area contributed by atoms with Crippen LogP contribution in [0.1, 0.15) is 30.4 Å². The van der Waals surface area contributed by atoms with Gasteiger partial charge in [0.1, 0.15) is 0 Å². The van der Waals surface area contributed by atoms with Crippen LogP contribution in [0.15, 0.2) is 42.5 Å². The van der Waals surface area contributed by atoms with E-state index in [0.717, 1.165) is 49.2 Å². The Balaban J connectivity index is 1.43. The number of anilines is 1. The smallest absolute Gasteiger partial charge is 0.234 e. The van der Waals surface area contributed by atoms with Crippen molar-refractivity contribution < 1.29 is 9.90 Å². The SMILES string of the molecule is Cc1ccc(NC2CCN(CC(=O)NC3C=CC=CC3)CC2)c(CO)c1. The second-order valence-corrected chi connectivity index (χ2v) is 7.24. The van der Waals surface area contributed by atoms with Gasteiger partial charge in [-0.05, 0) is 32.3 Å². The van der Waals surface area contributed by atoms with E-state index < -0.39 is 0 Å². The molecule has 1 saturated heterocycles. The first-order chi connectivity index (χ1) is 12.6. The number of carbonyl (C=O) groups is 1. The summed E-state index contributed by atoms with van der Waals surface area (Å²) in [4.78, 5) is 14.4. The molecule has 1 heterocycles. The summed E-state index contributed by atoms with van der Waals surface area (Å²) in [5.74, 6) is 0.0995. The van der Waals surface area contributed by atoms with E-state index in [1.165, 1.54) is 0 Å². The molecule has 0 radical (unpaired) electrons. The minimum Gasteiger partial charge on any atom is -0.392 e. The van der Waals surface area contributed by atoms with E-state index in [4.69, 9.17) is 0 Å². The summed E-state index contributed by atoms with van der Waals surface area (Å²) in [6.45, 7) is 4.37. The summed E-state index contributed by atoms with van der Waals surface area (Å²) in [6.07, 6.45) is 11.0. The molecule has 1 fully saturated rings. The molecule has 1 amide bonds. The van der Waals surface area contributed by atoms with Gasteiger partial charge < -0.3 is 15.7 Å². The van der Waals surface area contributed by atoms with Gasteiger partial charge in [-0.1, -0.05) is 42.0 Å². The molecule has 2 aliphatic rings. The molecule has 5 heteroatoms. The van der Waals surface area contributed by atoms with Gasteiger partial charge in [0.05, 0.1) is 19.2 Å². The van der Waals surface area contributed by atoms with E-state index in [9.17, 15) is 9.90 Å². The van der Waals surface area contributed by atoms with Crippen LogP contribution in [-0.2, 0) is 11.4 Å². The summed E-state index contributed by atoms with van der Waals surface area (Å²) < 4.78 is 0. The van der Waals surface area contributed by atoms with E-state index in [2.05, 4.69) is 27.7 Å². The lowest BCUT2D eigenvalue weighted by molar-refractivity contribution is -0.122. The summed E-state index contributed by atoms with van der Waals surface area (Å²) in [5.41, 5.74) is 3.12. The molecule has 1 atom stereocenters. The fourth-order valence-electron chi connectivity index (χ4n) is 3.59. The van der Waals surface area contributed by atoms with Gasteiger partial charge in [-0.15, -0.1) is 0 Å². The fourth-order valence-corrected chi connectivity index (χ4v) is 3.59. The number of amides is 1. The van der Waals surface area contributed by atoms with Gasteiger partial charge in [0.2, 0.25) is 5.91 Å². The molecule has 26 heavy (non-hydrogen) atoms. The van der Waals surface area contributed by atoms with E-state index in [1.807, 2.05) is 37.3 Å². The predicted molar refractivity (Wildman–Crippen MR) is 105 cm³/mol. The fraction of sp³-hybridized carbons (Fsp3) is 0.476. The molecular weight excluding hydrogens is 326 g/mol. The van der Waals surface area contributed by atoms with Crippen LogP contribution in [0.3, 0.4) is 0 Å². The molecule has 0 bridgehead atoms. The van der Waals surface area contributed by atoms with Crippen LogP contribution in [0.2, 0.25) is 0 Å². The molecule has 0 spiro atoms. The van der Waals surface area contributed by atoms with Gasteiger partial charge in [0, 0.05) is 30.4 Å². The van der Waals surface area contributed by atoms with Crippen molar-refractivity contribution in [3.63, 3.8) is 0 Å². The lowest BCUT2D eigenvalue weighted by Gasteiger charge is -2.33. The van der Waals surface area contributed by atoms with Crippen LogP contribution in [0.4, 0.5) is 5.69 Å². The number of rotatable bonds is 6. The maximum Gasteiger partial charge on any atom is 0.234 e. The normalized spacial score (nSPS) is 20.9. The second-order valence-electron chi connectivity index (χ2n) is 7.24. The van der Waals surface area contributed by atoms with Crippen LogP contribution in [0, 0.1) is 6.92 Å². The van der Waals surface area contributed by atoms with Gasteiger partial charge in [0.25, 0.3) is 0 Å². The molecule has 5 nitrogen and oxygen atoms in total. The molecule has 3 N–H and O–H groups in total. The summed E-state index contributed by atoms with van der Waals surface area (Å²) in [6, 6.07) is 6.65. The number of hydrogen-bond acceptors (Lipinski definition) is 4. The Kier molecular flexibility index (Phi) is 6.47. The summed E-state index contributed by atoms with van der Waals surface area (Å²) in [7, 11) is 0. The molecule has 140 valence electrons. The monoisotopic (exact) mass is 355 g/mol. The first-order valence-corrected chi connectivity index (χ1v) is 9.46. The van der Waals surface area contributed by atoms with Crippen molar-refractivity contribution in [3.8, 4) is 0 Å². The Morgan fingerprint density at radius 2 is 2.08 bits per heavy atom. The van der Waals surface area contributed by atoms with Crippen molar-refractivity contribution in [2.75, 3.05) is 25.0 Å². The number of hydrogen-bond donors (Lipinski definition) is 3. The Morgan fingerprint density at radius 3 is 2.77 bits per heavy atom. The zero-order chi connectivity index (χ0) is 18.4. The third kappa shape index (κ3) is 5.19. The van der Waals surface area contributed by atoms with Crippen molar-refractivity contribution in [2.45, 2.75) is 44.9 Å². The lowest BCUT2D eigenvalue weighted by atomic mass is 10.0. The Hall–Kier alpha value is -2.11. The quantitative estimate of drug-likeness (QED) is 0.733. The number of nitrogens with zero attached hydrogens (tertiary/aromatic N) is 1. The Bertz CT molecular complexity index is 676. The molecule has 1 aromatic rings. The van der Waals surface area contributed by atoms with Crippen LogP contribution in [0.5, 0.6) is 0 Å². The standard InChI is InChI=1S/C21H29N3O2/c1-16-7-8-20(17(13-16)15-25)22-19-9-11-24(12-10-19)14-21(26)23-18-5-3-2-4-6-18/h2-5,7-8,13,18-19,22,25H,6,9-12,14-15H2,1H3,(H,23,26). The second kappa shape index (κ2) is 9.01. The minimum absolute atomic E-state index is 0.0494. The summed E-state index contributed by atoms with van der Waals surface area (Å²) in [5, 5.41) is 16.2. The van der Waals surface area contributed by atoms with E-state index in [-0.39, 0.29) is 18.6 Å². The topological polar surface area (TPSA) is 64.6 Å². The number of carbonyl (C=O) groups excluding carboxylic acids is 1. The highest BCUT2D eigenvalue weighted by molar-refractivity contribution is 5.78. The number of nitrogens with one attached hydrogen (secondary N) is 2. The van der Waals surface area contributed by atoms with Crippen molar-refractivity contribution in [1.82, 2.24) is 10.2 Å². The first-order valence-electron chi connectivity index (χ1n) is 9.46. The molecule has 1 aliphatic carbocycles. The molecule has 1 aliphatic heterocycles. The highest BCUT2D eigenvalue weighted by Crippen LogP contribution is 2.21. The van der Waals surface area contributed by atoms with Gasteiger partial charge in [-0.3, -0.25) is 9.69 Å². The first kappa shape index (κ1) is 18.7. The van der Waals surface area contributed by atoms with Gasteiger partial charge in [-0.2, -0.15) is 0 Å². The number of aliphatic hydroxyl groups is 1. The van der Waals surface area contributed by atoms with Gasteiger partial charge in [0.15, 0.2) is 0 Å². The Labute approximate surface area is 155 Å². The average Bonchev–Trinajstić information content (AvgIpc) is 2.65. The van der Waals surface area contributed by atoms with E-state index in [1.54, 1.807) is 0 Å². The molecule has 0 aromatic heterocycles. The van der Waals surface area contributed by atoms with Crippen LogP contribution in [0.25, 0.3) is 0 Å². The maximum absolute atomic E-state index is 12.2. The number of aryl methyl sites for hydroxylation is 1. The van der Waals surface area contributed by atoms with Crippen molar-refractivity contribution >= 4 is 11.6 Å². The highest BCUT2D eigenvalue weighted by Gasteiger charge is 2.22. The number of likely N-dealkylation sites (tertiary alicyclic amines) is 1. The number of aliphatic hydroxyl groups excluding tert-OH is 1. The Morgan fingerprint density at radius 1 is 1.27 bits per heavy atom. The van der Waals surface area contributed by atoms with E-state index >= 15 is 0 Å². The zero-order valence-electron chi connectivity index (χ0n) is 15.4. The number of benzene rings is 1. The molecule has 1 aromatic carbocycles. The molecule has 3 rings (SSSR count). The summed E-state index contributed by atoms with van der Waals surface area (Å²) >= 11 is 0. The van der Waals surface area contributed by atoms with Crippen molar-refractivity contribution in [2.24, 2.45) is 0 Å². The van der Waals surface area contributed by atoms with Crippen LogP contribution < -0.4 is 10.6 Å². The molecular formula is C21H29N3O2. The lowest BCUT2D eigenvalue weighted by Crippen LogP contribution is -2.46. The van der Waals surface area contributed by atoms with Crippen molar-refractivity contribution in [3.05, 3.63) is 53.6 Å². The zero-order valence-corrected chi connectivity index (χ0v) is 15.4. The van der Waals surface area contributed by atoms with Gasteiger partial charge >= 0.3 is 0 Å². The third-order valence-electron chi connectivity index (χ3n) is 5.07. The largest absolute Gasteiger partial charge is 0.392 e. The van der Waals surface area contributed by atoms with E-state index in [0.29, 0.717) is 12.6 Å². The highest BCUT2D eigenvalue weighted by atomic mass is 16.3. The minimum atomic E-state index is 0.0494. The molecule has 0 saturated carbocycles. The predicted octanol–water partition coefficient (Wildman–Crippen LogP) is 2.36. The van der Waals surface area contributed by atoms with Crippen LogP contribution >= 0.6 is 0 Å². The van der Waals surface area contributed by atoms with Crippen LogP contribution in [-0.4, -0.2) is 47.6 Å². The number of allylic oxidation sites excluding steroid dienone is 2. The van der Waals surface area contributed by atoms with Gasteiger partial charge in [-0.25, -0.2) is 0 Å². The van der Waals surface area contributed by atoms with Crippen molar-refractivity contribution in [1.29, 1.82) is 0 Å². The average molecular weight is 355 g/mol.